The Kier molecular flexibility index (Phi) is 2.60. The van der Waals surface area contributed by atoms with E-state index in [2.05, 4.69) is 10.1 Å². The normalized spacial score (nSPS) is 13.4. The maximum Gasteiger partial charge on any atom is 0.297 e. The predicted octanol–water partition coefficient (Wildman–Crippen LogP) is -1.17. The van der Waals surface area contributed by atoms with E-state index in [-0.39, 0.29) is 5.84 Å². The lowest BCUT2D eigenvalue weighted by molar-refractivity contribution is 0.594. The minimum Gasteiger partial charge on any atom is -0.275 e. The van der Waals surface area contributed by atoms with Crippen LogP contribution in [0.15, 0.2) is 4.99 Å². The van der Waals surface area contributed by atoms with Crippen molar-refractivity contribution in [3.8, 4) is 0 Å². The van der Waals surface area contributed by atoms with Crippen LogP contribution in [0.2, 0.25) is 0 Å². The molecule has 0 fully saturated rings. The molecule has 0 heterocycles. The standard InChI is InChI=1S/C3H9N3O2S/c1-3(5-2)6-9(4,7)8/h1-2H3,(H,5,6)(H2,4,7,8). The van der Waals surface area contributed by atoms with Gasteiger partial charge in [-0.2, -0.15) is 8.42 Å². The molecule has 0 rings (SSSR count). The molecule has 0 spiro atoms. The first-order valence-corrected chi connectivity index (χ1v) is 3.74. The van der Waals surface area contributed by atoms with Crippen molar-refractivity contribution < 1.29 is 8.42 Å². The predicted molar refractivity (Wildman–Crippen MR) is 35.3 cm³/mol. The molecule has 0 bridgehead atoms. The first-order valence-electron chi connectivity index (χ1n) is 2.19. The molecule has 54 valence electrons. The van der Waals surface area contributed by atoms with Crippen LogP contribution in [0.4, 0.5) is 0 Å². The van der Waals surface area contributed by atoms with Crippen molar-refractivity contribution in [2.24, 2.45) is 10.1 Å². The highest BCUT2D eigenvalue weighted by Gasteiger charge is 1.98. The molecule has 5 nitrogen and oxygen atoms in total. The van der Waals surface area contributed by atoms with Gasteiger partial charge < -0.3 is 0 Å². The van der Waals surface area contributed by atoms with Gasteiger partial charge in [-0.1, -0.05) is 0 Å². The Bertz CT molecular complexity index is 205. The molecule has 0 amide bonds. The third kappa shape index (κ3) is 5.25. The Morgan fingerprint density at radius 3 is 2.22 bits per heavy atom. The van der Waals surface area contributed by atoms with Gasteiger partial charge in [-0.05, 0) is 6.92 Å². The van der Waals surface area contributed by atoms with Crippen LogP contribution in [0.5, 0.6) is 0 Å². The van der Waals surface area contributed by atoms with Crippen molar-refractivity contribution in [3.63, 3.8) is 0 Å². The molecule has 6 heteroatoms. The highest BCUT2D eigenvalue weighted by atomic mass is 32.2. The molecule has 0 aromatic rings. The third-order valence-corrected chi connectivity index (χ3v) is 1.21. The van der Waals surface area contributed by atoms with Crippen LogP contribution in [-0.4, -0.2) is 21.3 Å². The quantitative estimate of drug-likeness (QED) is 0.365. The van der Waals surface area contributed by atoms with Gasteiger partial charge in [-0.25, -0.2) is 5.14 Å². The number of nitrogens with zero attached hydrogens (tertiary/aromatic N) is 1. The molecule has 0 aromatic heterocycles. The second kappa shape index (κ2) is 2.79. The van der Waals surface area contributed by atoms with Crippen LogP contribution in [-0.2, 0) is 10.2 Å². The van der Waals surface area contributed by atoms with E-state index in [9.17, 15) is 8.42 Å². The zero-order chi connectivity index (χ0) is 7.49. The number of hydrogen-bond acceptors (Lipinski definition) is 3. The molecule has 0 aliphatic heterocycles. The van der Waals surface area contributed by atoms with E-state index in [4.69, 9.17) is 0 Å². The lowest BCUT2D eigenvalue weighted by Gasteiger charge is -1.98. The summed E-state index contributed by atoms with van der Waals surface area (Å²) in [6.07, 6.45) is 0. The van der Waals surface area contributed by atoms with Crippen LogP contribution < -0.4 is 9.86 Å². The monoisotopic (exact) mass is 151 g/mol. The first-order chi connectivity index (χ1) is 3.95. The van der Waals surface area contributed by atoms with E-state index in [1.807, 2.05) is 4.72 Å². The summed E-state index contributed by atoms with van der Waals surface area (Å²) in [7, 11) is -2.15. The van der Waals surface area contributed by atoms with Crippen LogP contribution in [0.1, 0.15) is 6.92 Å². The van der Waals surface area contributed by atoms with E-state index >= 15 is 0 Å². The van der Waals surface area contributed by atoms with Crippen molar-refractivity contribution in [2.45, 2.75) is 6.92 Å². The SMILES string of the molecule is CN=C(C)NS(N)(=O)=O. The largest absolute Gasteiger partial charge is 0.297 e. The number of nitrogens with two attached hydrogens (primary N) is 1. The van der Waals surface area contributed by atoms with Crippen LogP contribution in [0.25, 0.3) is 0 Å². The van der Waals surface area contributed by atoms with Crippen molar-refractivity contribution in [2.75, 3.05) is 7.05 Å². The summed E-state index contributed by atoms with van der Waals surface area (Å²) in [6.45, 7) is 1.50. The van der Waals surface area contributed by atoms with Gasteiger partial charge in [0.15, 0.2) is 0 Å². The number of amidine groups is 1. The van der Waals surface area contributed by atoms with Gasteiger partial charge in [0, 0.05) is 7.05 Å². The zero-order valence-corrected chi connectivity index (χ0v) is 6.07. The average Bonchev–Trinajstić information content (AvgIpc) is 1.62. The molecule has 0 aromatic carbocycles. The van der Waals surface area contributed by atoms with Crippen molar-refractivity contribution in [1.82, 2.24) is 4.72 Å². The summed E-state index contributed by atoms with van der Waals surface area (Å²) in [5, 5.41) is 4.59. The maximum absolute atomic E-state index is 10.2. The van der Waals surface area contributed by atoms with Gasteiger partial charge in [0.25, 0.3) is 10.2 Å². The molecule has 0 radical (unpaired) electrons. The van der Waals surface area contributed by atoms with Gasteiger partial charge in [-0.15, -0.1) is 0 Å². The van der Waals surface area contributed by atoms with Crippen molar-refractivity contribution >= 4 is 16.0 Å². The first kappa shape index (κ1) is 8.38. The maximum atomic E-state index is 10.2. The molecule has 0 saturated heterocycles. The summed E-state index contributed by atoms with van der Waals surface area (Å²) < 4.78 is 22.3. The molecule has 0 saturated carbocycles. The van der Waals surface area contributed by atoms with Gasteiger partial charge in [0.1, 0.15) is 5.84 Å². The Labute approximate surface area is 54.2 Å². The van der Waals surface area contributed by atoms with Crippen LogP contribution in [0, 0.1) is 0 Å². The average molecular weight is 151 g/mol. The van der Waals surface area contributed by atoms with E-state index in [1.165, 1.54) is 14.0 Å². The van der Waals surface area contributed by atoms with Gasteiger partial charge in [-0.3, -0.25) is 9.71 Å². The number of nitrogens with one attached hydrogen (secondary N) is 1. The van der Waals surface area contributed by atoms with Crippen LogP contribution in [0.3, 0.4) is 0 Å². The van der Waals surface area contributed by atoms with E-state index in [0.29, 0.717) is 0 Å². The fraction of sp³-hybridized carbons (Fsp3) is 0.667. The lowest BCUT2D eigenvalue weighted by atomic mass is 10.7. The Hall–Kier alpha value is -0.620. The molecule has 9 heavy (non-hydrogen) atoms. The topological polar surface area (TPSA) is 84.5 Å². The zero-order valence-electron chi connectivity index (χ0n) is 5.25. The fourth-order valence-corrected chi connectivity index (χ4v) is 0.755. The number of hydrogen-bond donors (Lipinski definition) is 2. The third-order valence-electron chi connectivity index (χ3n) is 0.625. The molecule has 0 unspecified atom stereocenters. The van der Waals surface area contributed by atoms with E-state index < -0.39 is 10.2 Å². The number of rotatable bonds is 1. The minimum atomic E-state index is -3.62. The second-order valence-electron chi connectivity index (χ2n) is 1.46. The lowest BCUT2D eigenvalue weighted by Crippen LogP contribution is -2.34. The highest BCUT2D eigenvalue weighted by Crippen LogP contribution is 1.70. The highest BCUT2D eigenvalue weighted by molar-refractivity contribution is 7.87. The summed E-state index contributed by atoms with van der Waals surface area (Å²) >= 11 is 0. The number of aliphatic imine (C=N–C) groups is 1. The Morgan fingerprint density at radius 1 is 1.67 bits per heavy atom. The smallest absolute Gasteiger partial charge is 0.275 e. The summed E-state index contributed by atoms with van der Waals surface area (Å²) in [5.41, 5.74) is 0. The molecular weight excluding hydrogens is 142 g/mol. The molecule has 3 N–H and O–H groups in total. The summed E-state index contributed by atoms with van der Waals surface area (Å²) in [5.74, 6) is 0.275. The van der Waals surface area contributed by atoms with E-state index in [1.54, 1.807) is 0 Å². The van der Waals surface area contributed by atoms with Crippen LogP contribution >= 0.6 is 0 Å². The Balaban J connectivity index is 4.07. The second-order valence-corrected chi connectivity index (χ2v) is 2.75. The van der Waals surface area contributed by atoms with Gasteiger partial charge in [0.2, 0.25) is 0 Å². The summed E-state index contributed by atoms with van der Waals surface area (Å²) in [6, 6.07) is 0. The minimum absolute atomic E-state index is 0.275. The molecule has 0 aliphatic rings. The van der Waals surface area contributed by atoms with Gasteiger partial charge in [0.05, 0.1) is 0 Å². The molecule has 0 atom stereocenters. The van der Waals surface area contributed by atoms with E-state index in [0.717, 1.165) is 0 Å². The summed E-state index contributed by atoms with van der Waals surface area (Å²) in [4.78, 5) is 3.52. The fourth-order valence-electron chi connectivity index (χ4n) is 0.252. The van der Waals surface area contributed by atoms with Gasteiger partial charge >= 0.3 is 0 Å². The molecule has 0 aliphatic carbocycles. The van der Waals surface area contributed by atoms with Crippen molar-refractivity contribution in [3.05, 3.63) is 0 Å². The Morgan fingerprint density at radius 2 is 2.11 bits per heavy atom. The van der Waals surface area contributed by atoms with Crippen molar-refractivity contribution in [1.29, 1.82) is 0 Å². The molecular formula is C3H9N3O2S.